The Labute approximate surface area is 234 Å². The van der Waals surface area contributed by atoms with Gasteiger partial charge in [-0.1, -0.05) is 91.0 Å². The molecule has 3 aromatic rings. The maximum Gasteiger partial charge on any atom is 1.00 e. The minimum absolute atomic E-state index is 0. The Hall–Kier alpha value is 0.633. The molecule has 0 saturated heterocycles. The summed E-state index contributed by atoms with van der Waals surface area (Å²) < 4.78 is 0. The normalized spacial score (nSPS) is 9.00. The minimum atomic E-state index is -2.33. The van der Waals surface area contributed by atoms with Crippen molar-refractivity contribution in [2.75, 3.05) is 0 Å². The fourth-order valence-electron chi connectivity index (χ4n) is 2.18. The maximum atomic E-state index is 8.33. The van der Waals surface area contributed by atoms with Crippen LogP contribution in [0.15, 0.2) is 91.0 Å². The predicted molar refractivity (Wildman–Crippen MR) is 90.5 cm³/mol. The van der Waals surface area contributed by atoms with Crippen molar-refractivity contribution in [1.29, 1.82) is 0 Å². The summed E-state index contributed by atoms with van der Waals surface area (Å²) in [4.78, 5) is 8.33. The number of benzene rings is 3. The van der Waals surface area contributed by atoms with Gasteiger partial charge >= 0.3 is 103 Å². The Morgan fingerprint density at radius 3 is 0.960 bits per heavy atom. The van der Waals surface area contributed by atoms with Crippen LogP contribution in [0.3, 0.4) is 0 Å². The van der Waals surface area contributed by atoms with Gasteiger partial charge in [-0.15, -0.1) is 0 Å². The molecule has 0 aliphatic carbocycles. The van der Waals surface area contributed by atoms with Gasteiger partial charge in [0.1, 0.15) is 0 Å². The molecule has 0 N–H and O–H groups in total. The molecule has 0 saturated carbocycles. The third-order valence-corrected chi connectivity index (χ3v) is 5.49. The Morgan fingerprint density at radius 1 is 0.560 bits per heavy atom. The summed E-state index contributed by atoms with van der Waals surface area (Å²) in [6.07, 6.45) is -2.33. The Kier molecular flexibility index (Phi) is 15.0. The van der Waals surface area contributed by atoms with E-state index in [9.17, 15) is 0 Å². The van der Waals surface area contributed by atoms with Crippen LogP contribution < -0.4 is 129 Å². The molecular weight excluding hydrogens is 385 g/mol. The van der Waals surface area contributed by atoms with E-state index < -0.39 is 14.1 Å². The van der Waals surface area contributed by atoms with Crippen molar-refractivity contribution in [3.05, 3.63) is 91.0 Å². The molecule has 0 atom stereocenters. The van der Waals surface area contributed by atoms with Gasteiger partial charge in [-0.05, 0) is 30.0 Å². The van der Waals surface area contributed by atoms with E-state index in [-0.39, 0.29) is 103 Å². The molecule has 0 fully saturated rings. The quantitative estimate of drug-likeness (QED) is 0.327. The summed E-state index contributed by atoms with van der Waals surface area (Å²) in [5.74, 6) is 0. The van der Waals surface area contributed by atoms with Crippen molar-refractivity contribution in [2.24, 2.45) is 0 Å². The van der Waals surface area contributed by atoms with Gasteiger partial charge in [0.15, 0.2) is 0 Å². The van der Waals surface area contributed by atoms with E-state index in [0.717, 1.165) is 0 Å². The van der Waals surface area contributed by atoms with Crippen LogP contribution in [-0.2, 0) is 0 Å². The Morgan fingerprint density at radius 2 is 0.760 bits per heavy atom. The third-order valence-electron chi connectivity index (χ3n) is 3.04. The maximum absolute atomic E-state index is 8.33. The molecule has 0 spiro atoms. The van der Waals surface area contributed by atoms with Crippen LogP contribution >= 0.6 is 7.92 Å². The fraction of sp³-hybridized carbons (Fsp3) is 0. The standard InChI is InChI=1S/C18H15P.CH2O3.2K/c1-4-10-16(11-5-1)19(17-12-6-2-7-13-17)18-14-8-3-9-15-18;2-1(3)4;;/h1-15H;(H2,2,3,4);;/q;;2*+1/p-2. The second-order valence-corrected chi connectivity index (χ2v) is 6.81. The molecule has 6 heteroatoms. The van der Waals surface area contributed by atoms with Gasteiger partial charge in [0.05, 0.1) is 0 Å². The topological polar surface area (TPSA) is 63.2 Å². The number of hydrogen-bond acceptors (Lipinski definition) is 3. The van der Waals surface area contributed by atoms with Crippen LogP contribution in [-0.4, -0.2) is 6.16 Å². The number of carbonyl (C=O) groups is 1. The molecule has 3 aromatic carbocycles. The Balaban J connectivity index is 0.000000874. The predicted octanol–water partition coefficient (Wildman–Crippen LogP) is -4.99. The molecule has 3 nitrogen and oxygen atoms in total. The first-order valence-electron chi connectivity index (χ1n) is 7.02. The molecular formula is C19H15K2O3P. The van der Waals surface area contributed by atoms with E-state index in [1.165, 1.54) is 15.9 Å². The Bertz CT molecular complexity index is 628. The summed E-state index contributed by atoms with van der Waals surface area (Å²) in [5, 5.41) is 20.9. The second kappa shape index (κ2) is 14.7. The van der Waals surface area contributed by atoms with Crippen molar-refractivity contribution in [3.8, 4) is 0 Å². The summed E-state index contributed by atoms with van der Waals surface area (Å²) >= 11 is 0. The van der Waals surface area contributed by atoms with Crippen molar-refractivity contribution in [2.45, 2.75) is 0 Å². The molecule has 0 heterocycles. The second-order valence-electron chi connectivity index (χ2n) is 4.59. The van der Waals surface area contributed by atoms with Gasteiger partial charge in [-0.3, -0.25) is 0 Å². The molecule has 3 rings (SSSR count). The summed E-state index contributed by atoms with van der Waals surface area (Å²) in [7, 11) is -0.446. The fourth-order valence-corrected chi connectivity index (χ4v) is 4.48. The zero-order valence-electron chi connectivity index (χ0n) is 14.3. The summed E-state index contributed by atoms with van der Waals surface area (Å²) in [5.41, 5.74) is 0. The van der Waals surface area contributed by atoms with E-state index in [4.69, 9.17) is 15.0 Å². The van der Waals surface area contributed by atoms with Crippen molar-refractivity contribution >= 4 is 30.0 Å². The SMILES string of the molecule is O=C([O-])[O-].[K+].[K+].c1ccc(P(c2ccccc2)c2ccccc2)cc1. The zero-order chi connectivity index (χ0) is 16.5. The van der Waals surface area contributed by atoms with Crippen LogP contribution in [0.2, 0.25) is 0 Å². The number of carboxylic acid groups (broad SMARTS) is 2. The first-order chi connectivity index (χ1) is 11.2. The van der Waals surface area contributed by atoms with E-state index in [1.54, 1.807) is 0 Å². The zero-order valence-corrected chi connectivity index (χ0v) is 21.5. The number of hydrogen-bond donors (Lipinski definition) is 0. The van der Waals surface area contributed by atoms with E-state index in [1.807, 2.05) is 0 Å². The van der Waals surface area contributed by atoms with E-state index in [2.05, 4.69) is 91.0 Å². The molecule has 116 valence electrons. The smallest absolute Gasteiger partial charge is 0.652 e. The summed E-state index contributed by atoms with van der Waals surface area (Å²) in [6, 6.07) is 32.3. The first-order valence-corrected chi connectivity index (χ1v) is 8.36. The van der Waals surface area contributed by atoms with Gasteiger partial charge in [-0.2, -0.15) is 0 Å². The average Bonchev–Trinajstić information content (AvgIpc) is 2.58. The summed E-state index contributed by atoms with van der Waals surface area (Å²) in [6.45, 7) is 0. The molecule has 0 bridgehead atoms. The van der Waals surface area contributed by atoms with Crippen LogP contribution in [0.5, 0.6) is 0 Å². The van der Waals surface area contributed by atoms with E-state index in [0.29, 0.717) is 0 Å². The van der Waals surface area contributed by atoms with E-state index >= 15 is 0 Å². The van der Waals surface area contributed by atoms with Crippen molar-refractivity contribution in [1.82, 2.24) is 0 Å². The van der Waals surface area contributed by atoms with Gasteiger partial charge in [0.25, 0.3) is 0 Å². The van der Waals surface area contributed by atoms with Gasteiger partial charge < -0.3 is 15.0 Å². The molecule has 0 unspecified atom stereocenters. The molecule has 0 aliphatic rings. The van der Waals surface area contributed by atoms with Crippen LogP contribution in [0.1, 0.15) is 0 Å². The molecule has 0 radical (unpaired) electrons. The van der Waals surface area contributed by atoms with Gasteiger partial charge in [-0.25, -0.2) is 0 Å². The van der Waals surface area contributed by atoms with Crippen LogP contribution in [0, 0.1) is 0 Å². The molecule has 0 amide bonds. The third kappa shape index (κ3) is 9.40. The average molecular weight is 400 g/mol. The monoisotopic (exact) mass is 400 g/mol. The molecule has 25 heavy (non-hydrogen) atoms. The number of rotatable bonds is 3. The molecule has 0 aliphatic heterocycles. The van der Waals surface area contributed by atoms with Gasteiger partial charge in [0, 0.05) is 0 Å². The minimum Gasteiger partial charge on any atom is -0.652 e. The largest absolute Gasteiger partial charge is 1.00 e. The van der Waals surface area contributed by atoms with Crippen molar-refractivity contribution < 1.29 is 118 Å². The van der Waals surface area contributed by atoms with Crippen molar-refractivity contribution in [3.63, 3.8) is 0 Å². The number of carbonyl (C=O) groups excluding carboxylic acids is 1. The van der Waals surface area contributed by atoms with Gasteiger partial charge in [0.2, 0.25) is 0 Å². The first kappa shape index (κ1) is 25.6. The van der Waals surface area contributed by atoms with Crippen LogP contribution in [0.25, 0.3) is 0 Å². The van der Waals surface area contributed by atoms with Crippen LogP contribution in [0.4, 0.5) is 4.79 Å². The molecule has 0 aromatic heterocycles.